The van der Waals surface area contributed by atoms with Crippen LogP contribution < -0.4 is 4.90 Å². The number of likely N-dealkylation sites (tertiary alicyclic amines) is 1. The van der Waals surface area contributed by atoms with E-state index in [2.05, 4.69) is 15.1 Å². The average molecular weight is 392 g/mol. The number of aryl methyl sites for hydroxylation is 2. The number of hydrogen-bond acceptors (Lipinski definition) is 7. The van der Waals surface area contributed by atoms with Crippen LogP contribution in [0.4, 0.5) is 5.95 Å². The molecular weight excluding hydrogens is 368 g/mol. The van der Waals surface area contributed by atoms with Crippen LogP contribution in [-0.2, 0) is 0 Å². The highest BCUT2D eigenvalue weighted by Crippen LogP contribution is 2.38. The lowest BCUT2D eigenvalue weighted by molar-refractivity contribution is 0.0731. The zero-order valence-corrected chi connectivity index (χ0v) is 17.1. The van der Waals surface area contributed by atoms with Crippen LogP contribution in [0.1, 0.15) is 46.4 Å². The van der Waals surface area contributed by atoms with Crippen LogP contribution in [0.3, 0.4) is 0 Å². The first kappa shape index (κ1) is 19.0. The van der Waals surface area contributed by atoms with Gasteiger partial charge in [0.25, 0.3) is 5.91 Å². The molecule has 4 rings (SSSR count). The number of hydrogen-bond donors (Lipinski definition) is 0. The Bertz CT molecular complexity index is 1010. The summed E-state index contributed by atoms with van der Waals surface area (Å²) in [5.41, 5.74) is 3.92. The summed E-state index contributed by atoms with van der Waals surface area (Å²) < 4.78 is 5.22. The van der Waals surface area contributed by atoms with Crippen LogP contribution >= 0.6 is 0 Å². The second-order valence-electron chi connectivity index (χ2n) is 7.45. The molecule has 8 nitrogen and oxygen atoms in total. The van der Waals surface area contributed by atoms with Crippen molar-refractivity contribution in [3.05, 3.63) is 53.4 Å². The lowest BCUT2D eigenvalue weighted by Crippen LogP contribution is -2.32. The molecule has 3 aromatic rings. The second kappa shape index (κ2) is 7.62. The highest BCUT2D eigenvalue weighted by atomic mass is 16.5. The molecule has 8 heteroatoms. The zero-order valence-electron chi connectivity index (χ0n) is 17.1. The van der Waals surface area contributed by atoms with E-state index in [1.54, 1.807) is 26.2 Å². The molecule has 0 N–H and O–H groups in total. The third kappa shape index (κ3) is 3.46. The fourth-order valence-electron chi connectivity index (χ4n) is 3.83. The Morgan fingerprint density at radius 1 is 1.24 bits per heavy atom. The normalized spacial score (nSPS) is 16.3. The second-order valence-corrected chi connectivity index (χ2v) is 7.45. The molecule has 0 saturated carbocycles. The quantitative estimate of drug-likeness (QED) is 0.674. The first-order chi connectivity index (χ1) is 14.0. The Balaban J connectivity index is 1.80. The molecule has 4 heterocycles. The minimum Gasteiger partial charge on any atom is -0.361 e. The van der Waals surface area contributed by atoms with Gasteiger partial charge >= 0.3 is 0 Å². The summed E-state index contributed by atoms with van der Waals surface area (Å²) in [6, 6.07) is 3.74. The van der Waals surface area contributed by atoms with Crippen molar-refractivity contribution in [2.24, 2.45) is 0 Å². The highest BCUT2D eigenvalue weighted by molar-refractivity contribution is 5.96. The fraction of sp³-hybridized carbons (Fsp3) is 0.381. The van der Waals surface area contributed by atoms with Crippen LogP contribution in [0, 0.1) is 13.8 Å². The van der Waals surface area contributed by atoms with Gasteiger partial charge in [-0.25, -0.2) is 9.97 Å². The Morgan fingerprint density at radius 3 is 2.66 bits per heavy atom. The molecule has 1 atom stereocenters. The largest absolute Gasteiger partial charge is 0.361 e. The lowest BCUT2D eigenvalue weighted by atomic mass is 10.00. The standard InChI is InChI=1S/C21H24N6O2/c1-13-18(14(2)29-25-13)20(28)27-11-5-6-17(27)19-16(15-7-9-22-10-8-15)12-23-21(24-19)26(3)4/h7-10,12,17H,5-6,11H2,1-4H3/t17-/m0/s1. The summed E-state index contributed by atoms with van der Waals surface area (Å²) in [5, 5.41) is 3.95. The molecule has 0 radical (unpaired) electrons. The number of nitrogens with zero attached hydrogens (tertiary/aromatic N) is 6. The van der Waals surface area contributed by atoms with E-state index in [-0.39, 0.29) is 11.9 Å². The minimum absolute atomic E-state index is 0.0607. The van der Waals surface area contributed by atoms with Crippen molar-refractivity contribution in [1.82, 2.24) is 25.0 Å². The number of amides is 1. The number of carbonyl (C=O) groups excluding carboxylic acids is 1. The number of rotatable bonds is 4. The van der Waals surface area contributed by atoms with Crippen LogP contribution in [0.5, 0.6) is 0 Å². The minimum atomic E-state index is -0.138. The molecule has 1 amide bonds. The third-order valence-electron chi connectivity index (χ3n) is 5.27. The summed E-state index contributed by atoms with van der Waals surface area (Å²) in [4.78, 5) is 30.6. The van der Waals surface area contributed by atoms with Crippen LogP contribution in [0.15, 0.2) is 35.2 Å². The van der Waals surface area contributed by atoms with Gasteiger partial charge in [-0.2, -0.15) is 0 Å². The Hall–Kier alpha value is -3.29. The van der Waals surface area contributed by atoms with E-state index in [9.17, 15) is 4.79 Å². The van der Waals surface area contributed by atoms with Gasteiger partial charge in [0.1, 0.15) is 11.3 Å². The zero-order chi connectivity index (χ0) is 20.5. The van der Waals surface area contributed by atoms with Gasteiger partial charge < -0.3 is 14.3 Å². The Morgan fingerprint density at radius 2 is 2.00 bits per heavy atom. The maximum atomic E-state index is 13.4. The molecule has 0 bridgehead atoms. The summed E-state index contributed by atoms with van der Waals surface area (Å²) in [6.45, 7) is 4.24. The van der Waals surface area contributed by atoms with E-state index >= 15 is 0 Å². The van der Waals surface area contributed by atoms with Gasteiger partial charge in [0.05, 0.1) is 17.4 Å². The van der Waals surface area contributed by atoms with E-state index in [4.69, 9.17) is 9.51 Å². The molecule has 3 aromatic heterocycles. The summed E-state index contributed by atoms with van der Waals surface area (Å²) >= 11 is 0. The van der Waals surface area contributed by atoms with Crippen molar-refractivity contribution in [1.29, 1.82) is 0 Å². The molecule has 1 aliphatic rings. The van der Waals surface area contributed by atoms with E-state index in [0.717, 1.165) is 29.7 Å². The van der Waals surface area contributed by atoms with Crippen LogP contribution in [0.25, 0.3) is 11.1 Å². The SMILES string of the molecule is Cc1noc(C)c1C(=O)N1CCC[C@H]1c1nc(N(C)C)ncc1-c1ccncc1. The van der Waals surface area contributed by atoms with Crippen molar-refractivity contribution in [3.8, 4) is 11.1 Å². The summed E-state index contributed by atoms with van der Waals surface area (Å²) in [7, 11) is 3.82. The first-order valence-corrected chi connectivity index (χ1v) is 9.66. The van der Waals surface area contributed by atoms with E-state index in [1.807, 2.05) is 42.2 Å². The van der Waals surface area contributed by atoms with Crippen molar-refractivity contribution in [2.75, 3.05) is 25.5 Å². The van der Waals surface area contributed by atoms with Crippen molar-refractivity contribution < 1.29 is 9.32 Å². The molecule has 1 fully saturated rings. The maximum absolute atomic E-state index is 13.4. The van der Waals surface area contributed by atoms with Crippen molar-refractivity contribution in [3.63, 3.8) is 0 Å². The average Bonchev–Trinajstić information content (AvgIpc) is 3.34. The topological polar surface area (TPSA) is 88.3 Å². The van der Waals surface area contributed by atoms with E-state index in [0.29, 0.717) is 29.5 Å². The van der Waals surface area contributed by atoms with Gasteiger partial charge in [-0.15, -0.1) is 0 Å². The molecule has 0 unspecified atom stereocenters. The summed E-state index contributed by atoms with van der Waals surface area (Å²) in [5.74, 6) is 1.10. The molecule has 0 aliphatic carbocycles. The predicted molar refractivity (Wildman–Crippen MR) is 109 cm³/mol. The van der Waals surface area contributed by atoms with Crippen LogP contribution in [-0.4, -0.2) is 51.6 Å². The first-order valence-electron chi connectivity index (χ1n) is 9.66. The molecule has 1 aliphatic heterocycles. The van der Waals surface area contributed by atoms with Gasteiger partial charge in [0.15, 0.2) is 0 Å². The fourth-order valence-corrected chi connectivity index (χ4v) is 3.83. The number of anilines is 1. The van der Waals surface area contributed by atoms with E-state index < -0.39 is 0 Å². The van der Waals surface area contributed by atoms with Crippen molar-refractivity contribution in [2.45, 2.75) is 32.7 Å². The number of pyridine rings is 1. The Labute approximate surface area is 169 Å². The van der Waals surface area contributed by atoms with Gasteiger partial charge in [-0.05, 0) is 44.4 Å². The van der Waals surface area contributed by atoms with Gasteiger partial charge in [0, 0.05) is 44.8 Å². The lowest BCUT2D eigenvalue weighted by Gasteiger charge is -2.26. The summed E-state index contributed by atoms with van der Waals surface area (Å²) in [6.07, 6.45) is 7.10. The highest BCUT2D eigenvalue weighted by Gasteiger charge is 2.36. The van der Waals surface area contributed by atoms with Gasteiger partial charge in [-0.1, -0.05) is 5.16 Å². The van der Waals surface area contributed by atoms with Gasteiger partial charge in [-0.3, -0.25) is 9.78 Å². The van der Waals surface area contributed by atoms with Crippen LogP contribution in [0.2, 0.25) is 0 Å². The molecule has 1 saturated heterocycles. The van der Waals surface area contributed by atoms with E-state index in [1.165, 1.54) is 0 Å². The van der Waals surface area contributed by atoms with Gasteiger partial charge in [0.2, 0.25) is 5.95 Å². The molecule has 29 heavy (non-hydrogen) atoms. The molecule has 0 spiro atoms. The number of carbonyl (C=O) groups is 1. The molecule has 150 valence electrons. The maximum Gasteiger partial charge on any atom is 0.259 e. The molecule has 0 aromatic carbocycles. The molecular formula is C21H24N6O2. The Kier molecular flexibility index (Phi) is 5.00. The monoisotopic (exact) mass is 392 g/mol. The smallest absolute Gasteiger partial charge is 0.259 e. The third-order valence-corrected chi connectivity index (χ3v) is 5.27. The van der Waals surface area contributed by atoms with Crippen molar-refractivity contribution >= 4 is 11.9 Å². The number of aromatic nitrogens is 4. The predicted octanol–water partition coefficient (Wildman–Crippen LogP) is 3.19.